The summed E-state index contributed by atoms with van der Waals surface area (Å²) in [6.45, 7) is 14.5. The van der Waals surface area contributed by atoms with Crippen LogP contribution in [0.2, 0.25) is 0 Å². The van der Waals surface area contributed by atoms with Crippen LogP contribution < -0.4 is 5.32 Å². The molecule has 0 spiro atoms. The predicted octanol–water partition coefficient (Wildman–Crippen LogP) is 5.85. The number of carbonyl (C=O) groups is 1. The van der Waals surface area contributed by atoms with Gasteiger partial charge in [0, 0.05) is 44.3 Å². The third kappa shape index (κ3) is 6.48. The van der Waals surface area contributed by atoms with E-state index in [-0.39, 0.29) is 34.9 Å². The maximum atomic E-state index is 15.0. The zero-order valence-electron chi connectivity index (χ0n) is 24.8. The quantitative estimate of drug-likeness (QED) is 0.304. The van der Waals surface area contributed by atoms with E-state index in [1.165, 1.54) is 6.07 Å². The highest BCUT2D eigenvalue weighted by Crippen LogP contribution is 2.30. The lowest BCUT2D eigenvalue weighted by molar-refractivity contribution is 0.0138. The molecule has 1 N–H and O–H groups in total. The summed E-state index contributed by atoms with van der Waals surface area (Å²) in [7, 11) is 0. The van der Waals surface area contributed by atoms with Crippen LogP contribution in [0.15, 0.2) is 36.5 Å². The van der Waals surface area contributed by atoms with E-state index in [0.29, 0.717) is 49.9 Å². The summed E-state index contributed by atoms with van der Waals surface area (Å²) >= 11 is 0. The van der Waals surface area contributed by atoms with Crippen molar-refractivity contribution in [3.8, 4) is 11.3 Å². The first kappa shape index (κ1) is 29.3. The number of carbonyl (C=O) groups excluding carboxylic acids is 1. The van der Waals surface area contributed by atoms with Crippen molar-refractivity contribution < 1.29 is 18.3 Å². The minimum absolute atomic E-state index is 0.0264. The Morgan fingerprint density at radius 2 is 1.79 bits per heavy atom. The molecular formula is C30H36F2N8O2. The van der Waals surface area contributed by atoms with Gasteiger partial charge in [-0.2, -0.15) is 0 Å². The average molecular weight is 579 g/mol. The fraction of sp³-hybridized carbons (Fsp3) is 0.433. The molecule has 0 aliphatic carbocycles. The normalized spacial score (nSPS) is 14.5. The Balaban J connectivity index is 1.30. The second kappa shape index (κ2) is 11.6. The van der Waals surface area contributed by atoms with Crippen molar-refractivity contribution in [2.24, 2.45) is 0 Å². The van der Waals surface area contributed by atoms with Gasteiger partial charge in [0.05, 0.1) is 17.4 Å². The number of imidazole rings is 1. The van der Waals surface area contributed by atoms with Crippen LogP contribution >= 0.6 is 0 Å². The third-order valence-electron chi connectivity index (χ3n) is 6.92. The summed E-state index contributed by atoms with van der Waals surface area (Å²) in [5, 5.41) is 3.05. The highest BCUT2D eigenvalue weighted by Gasteiger charge is 2.26. The molecule has 0 radical (unpaired) electrons. The van der Waals surface area contributed by atoms with Gasteiger partial charge in [-0.1, -0.05) is 6.07 Å². The number of fused-ring (bicyclic) bond motifs is 1. The maximum absolute atomic E-state index is 15.0. The molecule has 1 aliphatic heterocycles. The number of aromatic nitrogens is 5. The van der Waals surface area contributed by atoms with Gasteiger partial charge in [0.25, 0.3) is 0 Å². The minimum atomic E-state index is -0.668. The number of amides is 1. The molecule has 1 fully saturated rings. The second-order valence-corrected chi connectivity index (χ2v) is 11.7. The summed E-state index contributed by atoms with van der Waals surface area (Å²) in [5.74, 6) is 0.0961. The molecule has 0 unspecified atom stereocenters. The average Bonchev–Trinajstić information content (AvgIpc) is 3.26. The number of hydrogen-bond donors (Lipinski definition) is 1. The molecule has 1 amide bonds. The van der Waals surface area contributed by atoms with Crippen LogP contribution in [0.3, 0.4) is 0 Å². The van der Waals surface area contributed by atoms with Crippen molar-refractivity contribution >= 4 is 28.9 Å². The second-order valence-electron chi connectivity index (χ2n) is 11.7. The van der Waals surface area contributed by atoms with Crippen molar-refractivity contribution in [1.29, 1.82) is 0 Å². The zero-order chi connectivity index (χ0) is 30.2. The summed E-state index contributed by atoms with van der Waals surface area (Å²) in [6, 6.07) is 8.55. The van der Waals surface area contributed by atoms with Crippen LogP contribution in [0.25, 0.3) is 22.3 Å². The fourth-order valence-electron chi connectivity index (χ4n) is 5.08. The highest BCUT2D eigenvalue weighted by molar-refractivity contribution is 5.83. The summed E-state index contributed by atoms with van der Waals surface area (Å²) in [5.41, 5.74) is 1.37. The van der Waals surface area contributed by atoms with Crippen LogP contribution in [-0.2, 0) is 11.3 Å². The topological polar surface area (TPSA) is 101 Å². The van der Waals surface area contributed by atoms with E-state index >= 15 is 4.39 Å². The Labute approximate surface area is 243 Å². The standard InChI is InChI=1S/C30H36F2N8O2/c1-18(2)40-19(3)34-27-22(31)14-20(15-24(27)40)26-23(32)16-33-28(37-26)36-25-9-7-8-21(35-25)17-38-10-12-39(13-11-38)29(41)42-30(4,5)6/h7-9,14-16,18H,10-13,17H2,1-6H3,(H,33,35,36,37). The molecule has 1 aliphatic rings. The van der Waals surface area contributed by atoms with E-state index in [9.17, 15) is 9.18 Å². The maximum Gasteiger partial charge on any atom is 0.410 e. The lowest BCUT2D eigenvalue weighted by Crippen LogP contribution is -2.49. The van der Waals surface area contributed by atoms with Crippen LogP contribution in [-0.4, -0.2) is 72.2 Å². The number of pyridine rings is 1. The van der Waals surface area contributed by atoms with Gasteiger partial charge in [-0.3, -0.25) is 4.90 Å². The molecule has 0 bridgehead atoms. The number of aryl methyl sites for hydroxylation is 1. The molecular weight excluding hydrogens is 542 g/mol. The molecule has 0 atom stereocenters. The van der Waals surface area contributed by atoms with E-state index in [0.717, 1.165) is 11.9 Å². The van der Waals surface area contributed by atoms with Gasteiger partial charge >= 0.3 is 6.09 Å². The van der Waals surface area contributed by atoms with E-state index in [4.69, 9.17) is 4.74 Å². The van der Waals surface area contributed by atoms with Gasteiger partial charge in [-0.25, -0.2) is 33.5 Å². The van der Waals surface area contributed by atoms with E-state index < -0.39 is 17.2 Å². The van der Waals surface area contributed by atoms with Crippen LogP contribution in [0, 0.1) is 18.6 Å². The van der Waals surface area contributed by atoms with Crippen molar-refractivity contribution in [3.63, 3.8) is 0 Å². The summed E-state index contributed by atoms with van der Waals surface area (Å²) in [6.07, 6.45) is 0.764. The first-order valence-electron chi connectivity index (χ1n) is 14.0. The summed E-state index contributed by atoms with van der Waals surface area (Å²) < 4.78 is 37.3. The Bertz CT molecular complexity index is 1610. The van der Waals surface area contributed by atoms with Gasteiger partial charge in [0.2, 0.25) is 5.95 Å². The molecule has 3 aromatic heterocycles. The Morgan fingerprint density at radius 3 is 2.48 bits per heavy atom. The Hall–Kier alpha value is -4.19. The number of nitrogens with zero attached hydrogens (tertiary/aromatic N) is 7. The zero-order valence-corrected chi connectivity index (χ0v) is 24.8. The van der Waals surface area contributed by atoms with E-state index in [1.54, 1.807) is 17.0 Å². The smallest absolute Gasteiger partial charge is 0.410 e. The molecule has 4 aromatic rings. The lowest BCUT2D eigenvalue weighted by atomic mass is 10.1. The predicted molar refractivity (Wildman–Crippen MR) is 156 cm³/mol. The minimum Gasteiger partial charge on any atom is -0.444 e. The molecule has 10 nitrogen and oxygen atoms in total. The van der Waals surface area contributed by atoms with Crippen LogP contribution in [0.5, 0.6) is 0 Å². The number of hydrogen-bond acceptors (Lipinski definition) is 8. The molecule has 222 valence electrons. The van der Waals surface area contributed by atoms with Crippen molar-refractivity contribution in [1.82, 2.24) is 34.3 Å². The first-order chi connectivity index (χ1) is 19.9. The molecule has 4 heterocycles. The number of anilines is 2. The molecule has 1 aromatic carbocycles. The number of piperazine rings is 1. The number of benzene rings is 1. The number of rotatable bonds is 6. The van der Waals surface area contributed by atoms with E-state index in [1.807, 2.05) is 58.2 Å². The Morgan fingerprint density at radius 1 is 1.05 bits per heavy atom. The number of ether oxygens (including phenoxy) is 1. The van der Waals surface area contributed by atoms with Crippen LogP contribution in [0.1, 0.15) is 52.2 Å². The van der Waals surface area contributed by atoms with E-state index in [2.05, 4.69) is 30.2 Å². The largest absolute Gasteiger partial charge is 0.444 e. The van der Waals surface area contributed by atoms with Crippen LogP contribution in [0.4, 0.5) is 25.3 Å². The van der Waals surface area contributed by atoms with Gasteiger partial charge in [-0.15, -0.1) is 0 Å². The van der Waals surface area contributed by atoms with Crippen molar-refractivity contribution in [2.75, 3.05) is 31.5 Å². The molecule has 42 heavy (non-hydrogen) atoms. The number of nitrogens with one attached hydrogen (secondary N) is 1. The van der Waals surface area contributed by atoms with Gasteiger partial charge in [0.15, 0.2) is 11.6 Å². The van der Waals surface area contributed by atoms with Gasteiger partial charge in [-0.05, 0) is 65.8 Å². The van der Waals surface area contributed by atoms with Gasteiger partial charge < -0.3 is 19.5 Å². The third-order valence-corrected chi connectivity index (χ3v) is 6.92. The Kier molecular flexibility index (Phi) is 8.09. The van der Waals surface area contributed by atoms with Crippen molar-refractivity contribution in [2.45, 2.75) is 59.7 Å². The summed E-state index contributed by atoms with van der Waals surface area (Å²) in [4.78, 5) is 33.8. The van der Waals surface area contributed by atoms with Gasteiger partial charge in [0.1, 0.15) is 28.5 Å². The first-order valence-corrected chi connectivity index (χ1v) is 14.0. The molecule has 12 heteroatoms. The molecule has 1 saturated heterocycles. The fourth-order valence-corrected chi connectivity index (χ4v) is 5.08. The molecule has 5 rings (SSSR count). The molecule has 0 saturated carbocycles. The van der Waals surface area contributed by atoms with Crippen molar-refractivity contribution in [3.05, 3.63) is 59.7 Å². The highest BCUT2D eigenvalue weighted by atomic mass is 19.1. The number of halogens is 2. The lowest BCUT2D eigenvalue weighted by Gasteiger charge is -2.35. The SMILES string of the molecule is Cc1nc2c(F)cc(-c3nc(Nc4cccc(CN5CCN(C(=O)OC(C)(C)C)CC5)n4)ncc3F)cc2n1C(C)C. The monoisotopic (exact) mass is 578 g/mol.